The predicted molar refractivity (Wildman–Crippen MR) is 96.3 cm³/mol. The Hall–Kier alpha value is -3.43. The van der Waals surface area contributed by atoms with Crippen molar-refractivity contribution in [2.75, 3.05) is 0 Å². The highest BCUT2D eigenvalue weighted by atomic mass is 19.4. The molecule has 0 fully saturated rings. The molecule has 4 nitrogen and oxygen atoms in total. The molecule has 0 aliphatic rings. The van der Waals surface area contributed by atoms with E-state index in [2.05, 4.69) is 15.0 Å². The summed E-state index contributed by atoms with van der Waals surface area (Å²) >= 11 is 0. The molecule has 0 amide bonds. The van der Waals surface area contributed by atoms with Crippen molar-refractivity contribution in [3.63, 3.8) is 0 Å². The SMILES string of the molecule is FC(F)(F)c1cc(-c2ncnc3c2ncn3Cc2ccccc2)cc(C(F)(F)F)c1. The molecule has 0 spiro atoms. The monoisotopic (exact) mass is 422 g/mol. The molecule has 154 valence electrons. The zero-order valence-electron chi connectivity index (χ0n) is 15.0. The third-order valence-electron chi connectivity index (χ3n) is 4.46. The van der Waals surface area contributed by atoms with Crippen LogP contribution in [0, 0.1) is 0 Å². The molecule has 2 heterocycles. The van der Waals surface area contributed by atoms with Gasteiger partial charge in [-0.25, -0.2) is 15.0 Å². The summed E-state index contributed by atoms with van der Waals surface area (Å²) in [6, 6.07) is 10.6. The van der Waals surface area contributed by atoms with Crippen molar-refractivity contribution in [3.8, 4) is 11.3 Å². The van der Waals surface area contributed by atoms with E-state index in [1.54, 1.807) is 4.57 Å². The molecule has 0 saturated heterocycles. The van der Waals surface area contributed by atoms with Crippen LogP contribution in [-0.2, 0) is 18.9 Å². The number of nitrogens with zero attached hydrogens (tertiary/aromatic N) is 4. The summed E-state index contributed by atoms with van der Waals surface area (Å²) in [5.41, 5.74) is -1.94. The number of imidazole rings is 1. The fraction of sp³-hybridized carbons (Fsp3) is 0.150. The molecule has 2 aromatic carbocycles. The lowest BCUT2D eigenvalue weighted by Gasteiger charge is -2.14. The van der Waals surface area contributed by atoms with Gasteiger partial charge >= 0.3 is 12.4 Å². The molecule has 0 atom stereocenters. The summed E-state index contributed by atoms with van der Waals surface area (Å²) in [6.45, 7) is 0.379. The maximum atomic E-state index is 13.2. The van der Waals surface area contributed by atoms with Crippen molar-refractivity contribution in [2.45, 2.75) is 18.9 Å². The van der Waals surface area contributed by atoms with E-state index in [0.29, 0.717) is 24.3 Å². The second-order valence-electron chi connectivity index (χ2n) is 6.55. The number of fused-ring (bicyclic) bond motifs is 1. The third-order valence-corrected chi connectivity index (χ3v) is 4.46. The zero-order chi connectivity index (χ0) is 21.5. The fourth-order valence-electron chi connectivity index (χ4n) is 3.08. The lowest BCUT2D eigenvalue weighted by Crippen LogP contribution is -2.11. The lowest BCUT2D eigenvalue weighted by atomic mass is 10.0. The van der Waals surface area contributed by atoms with Gasteiger partial charge in [0.05, 0.1) is 24.0 Å². The maximum absolute atomic E-state index is 13.2. The van der Waals surface area contributed by atoms with Crippen molar-refractivity contribution < 1.29 is 26.3 Å². The van der Waals surface area contributed by atoms with Gasteiger partial charge in [-0.15, -0.1) is 0 Å². The van der Waals surface area contributed by atoms with Gasteiger partial charge in [-0.3, -0.25) is 0 Å². The van der Waals surface area contributed by atoms with E-state index in [1.807, 2.05) is 30.3 Å². The Kier molecular flexibility index (Phi) is 4.71. The van der Waals surface area contributed by atoms with Crippen LogP contribution >= 0.6 is 0 Å². The average molecular weight is 422 g/mol. The van der Waals surface area contributed by atoms with Crippen molar-refractivity contribution in [2.24, 2.45) is 0 Å². The molecule has 0 radical (unpaired) electrons. The van der Waals surface area contributed by atoms with Gasteiger partial charge in [0.15, 0.2) is 5.65 Å². The van der Waals surface area contributed by atoms with Gasteiger partial charge in [-0.2, -0.15) is 26.3 Å². The van der Waals surface area contributed by atoms with Gasteiger partial charge in [-0.1, -0.05) is 30.3 Å². The molecule has 0 N–H and O–H groups in total. The molecule has 4 aromatic rings. The molecule has 30 heavy (non-hydrogen) atoms. The molecular weight excluding hydrogens is 410 g/mol. The highest BCUT2D eigenvalue weighted by molar-refractivity contribution is 5.87. The average Bonchev–Trinajstić information content (AvgIpc) is 3.10. The Bertz CT molecular complexity index is 1160. The van der Waals surface area contributed by atoms with Crippen LogP contribution in [0.15, 0.2) is 61.2 Å². The quantitative estimate of drug-likeness (QED) is 0.405. The van der Waals surface area contributed by atoms with E-state index in [0.717, 1.165) is 11.9 Å². The zero-order valence-corrected chi connectivity index (χ0v) is 15.0. The highest BCUT2D eigenvalue weighted by Crippen LogP contribution is 2.39. The van der Waals surface area contributed by atoms with E-state index in [-0.39, 0.29) is 22.8 Å². The molecule has 0 unspecified atom stereocenters. The van der Waals surface area contributed by atoms with Crippen LogP contribution in [0.3, 0.4) is 0 Å². The van der Waals surface area contributed by atoms with Crippen LogP contribution in [0.25, 0.3) is 22.4 Å². The minimum absolute atomic E-state index is 0.0793. The molecule has 0 saturated carbocycles. The van der Waals surface area contributed by atoms with Crippen molar-refractivity contribution >= 4 is 11.2 Å². The van der Waals surface area contributed by atoms with Crippen LogP contribution in [0.4, 0.5) is 26.3 Å². The number of hydrogen-bond acceptors (Lipinski definition) is 3. The van der Waals surface area contributed by atoms with Crippen LogP contribution in [0.2, 0.25) is 0 Å². The minimum Gasteiger partial charge on any atom is -0.311 e. The molecule has 0 bridgehead atoms. The molecule has 10 heteroatoms. The summed E-state index contributed by atoms with van der Waals surface area (Å²) in [5, 5.41) is 0. The van der Waals surface area contributed by atoms with E-state index < -0.39 is 23.5 Å². The number of rotatable bonds is 3. The van der Waals surface area contributed by atoms with Crippen LogP contribution in [0.1, 0.15) is 16.7 Å². The Balaban J connectivity index is 1.86. The smallest absolute Gasteiger partial charge is 0.311 e. The standard InChI is InChI=1S/C20H12F6N4/c21-19(22,23)14-6-13(7-15(8-14)20(24,25)26)16-17-18(28-10-27-16)30(11-29-17)9-12-4-2-1-3-5-12/h1-8,10-11H,9H2. The molecule has 2 aromatic heterocycles. The van der Waals surface area contributed by atoms with Gasteiger partial charge in [-0.05, 0) is 23.8 Å². The molecule has 0 aliphatic carbocycles. The van der Waals surface area contributed by atoms with Gasteiger partial charge in [0.1, 0.15) is 17.5 Å². The second kappa shape index (κ2) is 7.12. The Morgan fingerprint density at radius 3 is 2.00 bits per heavy atom. The first-order valence-electron chi connectivity index (χ1n) is 8.62. The first-order valence-corrected chi connectivity index (χ1v) is 8.62. The van der Waals surface area contributed by atoms with Crippen LogP contribution < -0.4 is 0 Å². The topological polar surface area (TPSA) is 43.6 Å². The summed E-state index contributed by atoms with van der Waals surface area (Å²) in [7, 11) is 0. The van der Waals surface area contributed by atoms with Gasteiger partial charge in [0.25, 0.3) is 0 Å². The molecule has 4 rings (SSSR count). The number of halogens is 6. The van der Waals surface area contributed by atoms with E-state index in [4.69, 9.17) is 0 Å². The Morgan fingerprint density at radius 1 is 0.767 bits per heavy atom. The van der Waals surface area contributed by atoms with Gasteiger partial charge < -0.3 is 4.57 Å². The van der Waals surface area contributed by atoms with Crippen molar-refractivity contribution in [3.05, 3.63) is 77.9 Å². The van der Waals surface area contributed by atoms with E-state index in [9.17, 15) is 26.3 Å². The predicted octanol–water partition coefficient (Wildman–Crippen LogP) is 5.58. The number of hydrogen-bond donors (Lipinski definition) is 0. The number of aromatic nitrogens is 4. The number of benzene rings is 2. The fourth-order valence-corrected chi connectivity index (χ4v) is 3.08. The van der Waals surface area contributed by atoms with Crippen LogP contribution in [0.5, 0.6) is 0 Å². The van der Waals surface area contributed by atoms with Gasteiger partial charge in [0.2, 0.25) is 0 Å². The Morgan fingerprint density at radius 2 is 1.40 bits per heavy atom. The minimum atomic E-state index is -4.95. The lowest BCUT2D eigenvalue weighted by molar-refractivity contribution is -0.143. The summed E-state index contributed by atoms with van der Waals surface area (Å²) < 4.78 is 80.8. The first kappa shape index (κ1) is 19.9. The van der Waals surface area contributed by atoms with E-state index >= 15 is 0 Å². The largest absolute Gasteiger partial charge is 0.416 e. The van der Waals surface area contributed by atoms with Crippen molar-refractivity contribution in [1.82, 2.24) is 19.5 Å². The third kappa shape index (κ3) is 3.85. The van der Waals surface area contributed by atoms with Crippen LogP contribution in [-0.4, -0.2) is 19.5 Å². The maximum Gasteiger partial charge on any atom is 0.416 e. The summed E-state index contributed by atoms with van der Waals surface area (Å²) in [5.74, 6) is 0. The summed E-state index contributed by atoms with van der Waals surface area (Å²) in [6.07, 6.45) is -7.38. The molecular formula is C20H12F6N4. The first-order chi connectivity index (χ1) is 14.1. The second-order valence-corrected chi connectivity index (χ2v) is 6.55. The normalized spacial score (nSPS) is 12.5. The Labute approximate surface area is 165 Å². The highest BCUT2D eigenvalue weighted by Gasteiger charge is 2.37. The van der Waals surface area contributed by atoms with Crippen molar-refractivity contribution in [1.29, 1.82) is 0 Å². The number of alkyl halides is 6. The summed E-state index contributed by atoms with van der Waals surface area (Å²) in [4.78, 5) is 12.2. The van der Waals surface area contributed by atoms with Gasteiger partial charge in [0, 0.05) is 5.56 Å². The molecule has 0 aliphatic heterocycles. The van der Waals surface area contributed by atoms with E-state index in [1.165, 1.54) is 6.33 Å².